The van der Waals surface area contributed by atoms with Crippen LogP contribution in [0.5, 0.6) is 11.5 Å². The van der Waals surface area contributed by atoms with Gasteiger partial charge in [-0.15, -0.1) is 13.2 Å². The molecule has 8 heteroatoms. The number of halogens is 3. The van der Waals surface area contributed by atoms with Crippen LogP contribution in [0.15, 0.2) is 42.6 Å². The maximum atomic E-state index is 12.1. The predicted molar refractivity (Wildman–Crippen MR) is 68.7 cm³/mol. The minimum atomic E-state index is -4.78. The number of carboxylic acids is 1. The molecule has 0 atom stereocenters. The molecule has 116 valence electrons. The molecule has 0 aliphatic heterocycles. The van der Waals surface area contributed by atoms with Gasteiger partial charge in [-0.3, -0.25) is 0 Å². The van der Waals surface area contributed by atoms with Crippen molar-refractivity contribution in [1.29, 1.82) is 0 Å². The summed E-state index contributed by atoms with van der Waals surface area (Å²) in [5.41, 5.74) is 0.118. The number of hydrogen-bond donors (Lipinski definition) is 1. The molecular weight excluding hydrogens is 303 g/mol. The van der Waals surface area contributed by atoms with Crippen molar-refractivity contribution in [2.75, 3.05) is 0 Å². The molecule has 0 aliphatic rings. The number of rotatable bonds is 5. The highest BCUT2D eigenvalue weighted by Crippen LogP contribution is 2.24. The fraction of sp³-hybridized carbons (Fsp3) is 0.143. The minimum Gasteiger partial charge on any atom is -0.486 e. The Labute approximate surface area is 122 Å². The van der Waals surface area contributed by atoms with E-state index in [1.807, 2.05) is 0 Å². The molecule has 0 aliphatic carbocycles. The number of benzene rings is 1. The van der Waals surface area contributed by atoms with E-state index in [0.717, 1.165) is 12.1 Å². The Kier molecular flexibility index (Phi) is 4.50. The van der Waals surface area contributed by atoms with Crippen LogP contribution in [0.3, 0.4) is 0 Å². The zero-order chi connectivity index (χ0) is 16.2. The van der Waals surface area contributed by atoms with Crippen molar-refractivity contribution >= 4 is 5.97 Å². The number of ether oxygens (including phenoxy) is 2. The van der Waals surface area contributed by atoms with Crippen LogP contribution in [-0.4, -0.2) is 22.4 Å². The van der Waals surface area contributed by atoms with Crippen molar-refractivity contribution in [3.05, 3.63) is 53.9 Å². The molecule has 5 nitrogen and oxygen atoms in total. The van der Waals surface area contributed by atoms with Gasteiger partial charge in [-0.25, -0.2) is 9.78 Å². The molecule has 0 saturated heterocycles. The molecule has 1 N–H and O–H groups in total. The third kappa shape index (κ3) is 4.37. The van der Waals surface area contributed by atoms with Gasteiger partial charge in [0, 0.05) is 6.20 Å². The topological polar surface area (TPSA) is 68.7 Å². The van der Waals surface area contributed by atoms with E-state index in [1.165, 1.54) is 30.5 Å². The van der Waals surface area contributed by atoms with Crippen molar-refractivity contribution < 1.29 is 32.5 Å². The van der Waals surface area contributed by atoms with Crippen molar-refractivity contribution in [3.8, 4) is 11.5 Å². The normalized spacial score (nSPS) is 11.0. The first-order chi connectivity index (χ1) is 10.3. The van der Waals surface area contributed by atoms with Crippen LogP contribution >= 0.6 is 0 Å². The molecule has 1 aromatic carbocycles. The zero-order valence-electron chi connectivity index (χ0n) is 11.0. The van der Waals surface area contributed by atoms with Crippen molar-refractivity contribution in [3.63, 3.8) is 0 Å². The van der Waals surface area contributed by atoms with Gasteiger partial charge in [-0.05, 0) is 29.8 Å². The third-order valence-corrected chi connectivity index (χ3v) is 2.50. The lowest BCUT2D eigenvalue weighted by Crippen LogP contribution is -2.17. The Morgan fingerprint density at radius 3 is 2.68 bits per heavy atom. The minimum absolute atomic E-state index is 0.0251. The SMILES string of the molecule is O=C(O)c1ncccc1OCc1cccc(OC(F)(F)F)c1. The van der Waals surface area contributed by atoms with E-state index in [4.69, 9.17) is 9.84 Å². The molecule has 1 aromatic heterocycles. The summed E-state index contributed by atoms with van der Waals surface area (Å²) in [4.78, 5) is 14.6. The highest BCUT2D eigenvalue weighted by molar-refractivity contribution is 5.88. The van der Waals surface area contributed by atoms with Gasteiger partial charge in [0.25, 0.3) is 0 Å². The van der Waals surface area contributed by atoms with Gasteiger partial charge >= 0.3 is 12.3 Å². The van der Waals surface area contributed by atoms with Crippen LogP contribution in [0, 0.1) is 0 Å². The molecule has 0 fully saturated rings. The first-order valence-electron chi connectivity index (χ1n) is 6.01. The van der Waals surface area contributed by atoms with Crippen molar-refractivity contribution in [1.82, 2.24) is 4.98 Å². The summed E-state index contributed by atoms with van der Waals surface area (Å²) >= 11 is 0. The highest BCUT2D eigenvalue weighted by Gasteiger charge is 2.31. The van der Waals surface area contributed by atoms with Crippen molar-refractivity contribution in [2.45, 2.75) is 13.0 Å². The van der Waals surface area contributed by atoms with Gasteiger partial charge in [-0.2, -0.15) is 0 Å². The van der Waals surface area contributed by atoms with Crippen LogP contribution in [0.25, 0.3) is 0 Å². The van der Waals surface area contributed by atoms with E-state index in [2.05, 4.69) is 9.72 Å². The monoisotopic (exact) mass is 313 g/mol. The Balaban J connectivity index is 2.09. The largest absolute Gasteiger partial charge is 0.573 e. The number of hydrogen-bond acceptors (Lipinski definition) is 4. The second-order valence-corrected chi connectivity index (χ2v) is 4.14. The molecule has 22 heavy (non-hydrogen) atoms. The first kappa shape index (κ1) is 15.6. The van der Waals surface area contributed by atoms with Gasteiger partial charge in [0.05, 0.1) is 0 Å². The zero-order valence-corrected chi connectivity index (χ0v) is 11.0. The number of pyridine rings is 1. The van der Waals surface area contributed by atoms with Crippen LogP contribution in [0.2, 0.25) is 0 Å². The summed E-state index contributed by atoms with van der Waals surface area (Å²) in [6, 6.07) is 8.12. The Hall–Kier alpha value is -2.77. The molecule has 0 radical (unpaired) electrons. The number of aromatic carboxylic acids is 1. The maximum absolute atomic E-state index is 12.1. The Morgan fingerprint density at radius 2 is 2.00 bits per heavy atom. The standard InChI is InChI=1S/C14H10F3NO4/c15-14(16,17)22-10-4-1-3-9(7-10)8-21-11-5-2-6-18-12(11)13(19)20/h1-7H,8H2,(H,19,20). The van der Waals surface area contributed by atoms with Crippen LogP contribution in [0.4, 0.5) is 13.2 Å². The number of carboxylic acid groups (broad SMARTS) is 1. The summed E-state index contributed by atoms with van der Waals surface area (Å²) in [6.07, 6.45) is -3.48. The lowest BCUT2D eigenvalue weighted by molar-refractivity contribution is -0.274. The lowest BCUT2D eigenvalue weighted by Gasteiger charge is -2.11. The van der Waals surface area contributed by atoms with Crippen LogP contribution < -0.4 is 9.47 Å². The second kappa shape index (κ2) is 6.33. The number of nitrogens with zero attached hydrogens (tertiary/aromatic N) is 1. The summed E-state index contributed by atoms with van der Waals surface area (Å²) in [6.45, 7) is -0.124. The molecule has 0 unspecified atom stereocenters. The Bertz CT molecular complexity index is 673. The molecule has 0 saturated carbocycles. The van der Waals surface area contributed by atoms with Crippen molar-refractivity contribution in [2.24, 2.45) is 0 Å². The highest BCUT2D eigenvalue weighted by atomic mass is 19.4. The van der Waals surface area contributed by atoms with E-state index in [0.29, 0.717) is 5.56 Å². The molecular formula is C14H10F3NO4. The summed E-state index contributed by atoms with van der Waals surface area (Å²) in [5, 5.41) is 8.95. The van der Waals surface area contributed by atoms with E-state index in [9.17, 15) is 18.0 Å². The van der Waals surface area contributed by atoms with Gasteiger partial charge < -0.3 is 14.6 Å². The number of aromatic nitrogens is 1. The summed E-state index contributed by atoms with van der Waals surface area (Å²) in [7, 11) is 0. The van der Waals surface area contributed by atoms with E-state index < -0.39 is 12.3 Å². The van der Waals surface area contributed by atoms with Crippen LogP contribution in [0.1, 0.15) is 16.1 Å². The summed E-state index contributed by atoms with van der Waals surface area (Å²) in [5.74, 6) is -1.61. The smallest absolute Gasteiger partial charge is 0.486 e. The van der Waals surface area contributed by atoms with Gasteiger partial charge in [0.1, 0.15) is 12.4 Å². The molecule has 2 rings (SSSR count). The fourth-order valence-corrected chi connectivity index (χ4v) is 1.66. The number of alkyl halides is 3. The molecule has 2 aromatic rings. The molecule has 0 amide bonds. The maximum Gasteiger partial charge on any atom is 0.573 e. The predicted octanol–water partition coefficient (Wildman–Crippen LogP) is 3.26. The van der Waals surface area contributed by atoms with Gasteiger partial charge in [-0.1, -0.05) is 12.1 Å². The van der Waals surface area contributed by atoms with Crippen LogP contribution in [-0.2, 0) is 6.61 Å². The van der Waals surface area contributed by atoms with E-state index in [-0.39, 0.29) is 23.8 Å². The molecule has 1 heterocycles. The molecule has 0 bridgehead atoms. The summed E-state index contributed by atoms with van der Waals surface area (Å²) < 4.78 is 45.5. The Morgan fingerprint density at radius 1 is 1.23 bits per heavy atom. The fourth-order valence-electron chi connectivity index (χ4n) is 1.66. The van der Waals surface area contributed by atoms with Gasteiger partial charge in [0.15, 0.2) is 11.4 Å². The molecule has 0 spiro atoms. The van der Waals surface area contributed by atoms with E-state index in [1.54, 1.807) is 0 Å². The quantitative estimate of drug-likeness (QED) is 0.917. The lowest BCUT2D eigenvalue weighted by atomic mass is 10.2. The second-order valence-electron chi connectivity index (χ2n) is 4.14. The van der Waals surface area contributed by atoms with Gasteiger partial charge in [0.2, 0.25) is 0 Å². The first-order valence-corrected chi connectivity index (χ1v) is 6.01. The third-order valence-electron chi connectivity index (χ3n) is 2.50. The number of carbonyl (C=O) groups is 1. The average molecular weight is 313 g/mol. The average Bonchev–Trinajstić information content (AvgIpc) is 2.44. The van der Waals surface area contributed by atoms with E-state index >= 15 is 0 Å².